The molecule has 0 atom stereocenters. The average molecular weight is 254 g/mol. The van der Waals surface area contributed by atoms with Gasteiger partial charge in [-0.3, -0.25) is 9.79 Å². The highest BCUT2D eigenvalue weighted by molar-refractivity contribution is 5.81. The highest BCUT2D eigenvalue weighted by Crippen LogP contribution is 2.27. The zero-order chi connectivity index (χ0) is 13.6. The molecule has 5 nitrogen and oxygen atoms in total. The van der Waals surface area contributed by atoms with Crippen LogP contribution in [0.2, 0.25) is 0 Å². The summed E-state index contributed by atoms with van der Waals surface area (Å²) < 4.78 is 0. The number of hydrogen-bond acceptors (Lipinski definition) is 2. The van der Waals surface area contributed by atoms with Crippen LogP contribution in [0.1, 0.15) is 33.6 Å². The van der Waals surface area contributed by atoms with Crippen LogP contribution in [0.15, 0.2) is 4.99 Å². The fraction of sp³-hybridized carbons (Fsp3) is 0.846. The molecule has 1 amide bonds. The Hall–Kier alpha value is -1.26. The van der Waals surface area contributed by atoms with E-state index in [1.54, 1.807) is 7.05 Å². The molecule has 0 unspecified atom stereocenters. The quantitative estimate of drug-likeness (QED) is 0.385. The van der Waals surface area contributed by atoms with E-state index in [2.05, 4.69) is 20.9 Å². The van der Waals surface area contributed by atoms with Crippen molar-refractivity contribution in [2.75, 3.05) is 26.7 Å². The topological polar surface area (TPSA) is 65.5 Å². The molecule has 0 heterocycles. The Morgan fingerprint density at radius 3 is 2.28 bits per heavy atom. The molecular formula is C13H26N4O. The third-order valence-electron chi connectivity index (χ3n) is 2.86. The smallest absolute Gasteiger partial charge is 0.225 e. The largest absolute Gasteiger partial charge is 0.356 e. The monoisotopic (exact) mass is 254 g/mol. The van der Waals surface area contributed by atoms with Crippen LogP contribution in [0.3, 0.4) is 0 Å². The summed E-state index contributed by atoms with van der Waals surface area (Å²) in [7, 11) is 1.76. The molecule has 18 heavy (non-hydrogen) atoms. The van der Waals surface area contributed by atoms with Gasteiger partial charge in [-0.15, -0.1) is 0 Å². The van der Waals surface area contributed by atoms with Crippen molar-refractivity contribution in [2.24, 2.45) is 16.3 Å². The van der Waals surface area contributed by atoms with E-state index in [0.29, 0.717) is 13.1 Å². The second-order valence-electron chi connectivity index (χ2n) is 5.83. The summed E-state index contributed by atoms with van der Waals surface area (Å²) in [5, 5.41) is 9.35. The SMILES string of the molecule is CN=C(NCCNC(=O)C(C)(C)C)NCC1CC1. The third-order valence-corrected chi connectivity index (χ3v) is 2.86. The number of aliphatic imine (C=N–C) groups is 1. The highest BCUT2D eigenvalue weighted by atomic mass is 16.2. The maximum atomic E-state index is 11.6. The van der Waals surface area contributed by atoms with Crippen molar-refractivity contribution in [3.05, 3.63) is 0 Å². The van der Waals surface area contributed by atoms with Gasteiger partial charge in [-0.1, -0.05) is 20.8 Å². The number of hydrogen-bond donors (Lipinski definition) is 3. The summed E-state index contributed by atoms with van der Waals surface area (Å²) in [5.74, 6) is 1.71. The standard InChI is InChI=1S/C13H26N4O/c1-13(2,3)11(18)15-7-8-16-12(14-4)17-9-10-5-6-10/h10H,5-9H2,1-4H3,(H,15,18)(H2,14,16,17). The minimum atomic E-state index is -0.327. The fourth-order valence-electron chi connectivity index (χ4n) is 1.41. The average Bonchev–Trinajstić information content (AvgIpc) is 3.10. The van der Waals surface area contributed by atoms with E-state index in [0.717, 1.165) is 18.4 Å². The molecule has 0 aromatic heterocycles. The fourth-order valence-corrected chi connectivity index (χ4v) is 1.41. The van der Waals surface area contributed by atoms with Gasteiger partial charge in [0.2, 0.25) is 5.91 Å². The van der Waals surface area contributed by atoms with Crippen molar-refractivity contribution in [3.8, 4) is 0 Å². The maximum absolute atomic E-state index is 11.6. The van der Waals surface area contributed by atoms with Crippen LogP contribution in [-0.2, 0) is 4.79 Å². The lowest BCUT2D eigenvalue weighted by Crippen LogP contribution is -2.43. The van der Waals surface area contributed by atoms with Crippen LogP contribution in [0.25, 0.3) is 0 Å². The predicted molar refractivity (Wildman–Crippen MR) is 74.6 cm³/mol. The molecule has 5 heteroatoms. The van der Waals surface area contributed by atoms with Gasteiger partial charge < -0.3 is 16.0 Å². The van der Waals surface area contributed by atoms with Gasteiger partial charge in [0, 0.05) is 32.1 Å². The summed E-state index contributed by atoms with van der Waals surface area (Å²) in [4.78, 5) is 15.8. The molecule has 1 aliphatic carbocycles. The van der Waals surface area contributed by atoms with Gasteiger partial charge in [0.25, 0.3) is 0 Å². The lowest BCUT2D eigenvalue weighted by molar-refractivity contribution is -0.128. The van der Waals surface area contributed by atoms with E-state index in [1.807, 2.05) is 20.8 Å². The number of rotatable bonds is 5. The Morgan fingerprint density at radius 2 is 1.78 bits per heavy atom. The van der Waals surface area contributed by atoms with Gasteiger partial charge in [-0.05, 0) is 18.8 Å². The van der Waals surface area contributed by atoms with Gasteiger partial charge in [0.15, 0.2) is 5.96 Å². The van der Waals surface area contributed by atoms with E-state index >= 15 is 0 Å². The molecule has 0 bridgehead atoms. The van der Waals surface area contributed by atoms with Crippen LogP contribution >= 0.6 is 0 Å². The Labute approximate surface area is 110 Å². The van der Waals surface area contributed by atoms with Crippen LogP contribution in [0, 0.1) is 11.3 Å². The number of carbonyl (C=O) groups excluding carboxylic acids is 1. The van der Waals surface area contributed by atoms with E-state index in [4.69, 9.17) is 0 Å². The minimum absolute atomic E-state index is 0.0743. The van der Waals surface area contributed by atoms with Crippen LogP contribution in [-0.4, -0.2) is 38.5 Å². The van der Waals surface area contributed by atoms with Crippen molar-refractivity contribution in [2.45, 2.75) is 33.6 Å². The Bertz CT molecular complexity index is 303. The first kappa shape index (κ1) is 14.8. The number of nitrogens with one attached hydrogen (secondary N) is 3. The zero-order valence-corrected chi connectivity index (χ0v) is 12.0. The van der Waals surface area contributed by atoms with Gasteiger partial charge in [0.1, 0.15) is 0 Å². The maximum Gasteiger partial charge on any atom is 0.225 e. The molecule has 0 radical (unpaired) electrons. The van der Waals surface area contributed by atoms with E-state index in [9.17, 15) is 4.79 Å². The van der Waals surface area contributed by atoms with Gasteiger partial charge in [0.05, 0.1) is 0 Å². The Balaban J connectivity index is 2.09. The third kappa shape index (κ3) is 5.89. The molecule has 104 valence electrons. The summed E-state index contributed by atoms with van der Waals surface area (Å²) in [6.07, 6.45) is 2.65. The van der Waals surface area contributed by atoms with Crippen molar-refractivity contribution in [1.82, 2.24) is 16.0 Å². The summed E-state index contributed by atoms with van der Waals surface area (Å²) in [6, 6.07) is 0. The van der Waals surface area contributed by atoms with E-state index in [1.165, 1.54) is 12.8 Å². The van der Waals surface area contributed by atoms with Gasteiger partial charge in [-0.2, -0.15) is 0 Å². The molecule has 0 aromatic rings. The van der Waals surface area contributed by atoms with Crippen LogP contribution in [0.4, 0.5) is 0 Å². The van der Waals surface area contributed by atoms with Crippen LogP contribution < -0.4 is 16.0 Å². The lowest BCUT2D eigenvalue weighted by atomic mass is 9.96. The summed E-state index contributed by atoms with van der Waals surface area (Å²) >= 11 is 0. The molecule has 0 aliphatic heterocycles. The van der Waals surface area contributed by atoms with Crippen LogP contribution in [0.5, 0.6) is 0 Å². The lowest BCUT2D eigenvalue weighted by Gasteiger charge is -2.18. The Morgan fingerprint density at radius 1 is 1.17 bits per heavy atom. The molecule has 1 aliphatic rings. The minimum Gasteiger partial charge on any atom is -0.356 e. The predicted octanol–water partition coefficient (Wildman–Crippen LogP) is 0.724. The first-order valence-electron chi connectivity index (χ1n) is 6.66. The number of amides is 1. The summed E-state index contributed by atoms with van der Waals surface area (Å²) in [5.41, 5.74) is -0.327. The van der Waals surface area contributed by atoms with Gasteiger partial charge >= 0.3 is 0 Å². The van der Waals surface area contributed by atoms with E-state index < -0.39 is 0 Å². The van der Waals surface area contributed by atoms with Crippen molar-refractivity contribution < 1.29 is 4.79 Å². The molecule has 0 aromatic carbocycles. The normalized spacial score (nSPS) is 16.3. The zero-order valence-electron chi connectivity index (χ0n) is 12.0. The number of carbonyl (C=O) groups is 1. The molecule has 3 N–H and O–H groups in total. The van der Waals surface area contributed by atoms with Crippen molar-refractivity contribution >= 4 is 11.9 Å². The van der Waals surface area contributed by atoms with Crippen molar-refractivity contribution in [3.63, 3.8) is 0 Å². The second kappa shape index (κ2) is 6.61. The molecular weight excluding hydrogens is 228 g/mol. The summed E-state index contributed by atoms with van der Waals surface area (Å²) in [6.45, 7) is 8.02. The van der Waals surface area contributed by atoms with Crippen molar-refractivity contribution in [1.29, 1.82) is 0 Å². The number of nitrogens with zero attached hydrogens (tertiary/aromatic N) is 1. The second-order valence-corrected chi connectivity index (χ2v) is 5.83. The van der Waals surface area contributed by atoms with Gasteiger partial charge in [-0.25, -0.2) is 0 Å². The first-order chi connectivity index (χ1) is 8.43. The van der Waals surface area contributed by atoms with E-state index in [-0.39, 0.29) is 11.3 Å². The Kier molecular flexibility index (Phi) is 5.44. The highest BCUT2D eigenvalue weighted by Gasteiger charge is 2.21. The molecule has 0 spiro atoms. The first-order valence-corrected chi connectivity index (χ1v) is 6.66. The number of guanidine groups is 1. The molecule has 1 fully saturated rings. The molecule has 0 saturated heterocycles. The molecule has 1 rings (SSSR count). The molecule has 1 saturated carbocycles.